The minimum absolute atomic E-state index is 0.0200. The molecule has 1 aliphatic heterocycles. The molecule has 3 heterocycles. The molecule has 0 spiro atoms. The van der Waals surface area contributed by atoms with Crippen molar-refractivity contribution in [2.75, 3.05) is 24.6 Å². The number of fused-ring (bicyclic) bond motifs is 1. The summed E-state index contributed by atoms with van der Waals surface area (Å²) in [6.07, 6.45) is 1.87. The summed E-state index contributed by atoms with van der Waals surface area (Å²) in [7, 11) is 0. The molecule has 1 aliphatic rings. The molecule has 108 valence electrons. The van der Waals surface area contributed by atoms with Gasteiger partial charge in [0, 0.05) is 25.8 Å². The number of nitrogens with two attached hydrogens (primary N) is 1. The maximum atomic E-state index is 9.34. The molecule has 0 radical (unpaired) electrons. The van der Waals surface area contributed by atoms with E-state index in [-0.39, 0.29) is 18.8 Å². The van der Waals surface area contributed by atoms with Crippen molar-refractivity contribution in [3.8, 4) is 0 Å². The van der Waals surface area contributed by atoms with Crippen LogP contribution in [0.15, 0.2) is 24.4 Å². The van der Waals surface area contributed by atoms with E-state index in [2.05, 4.69) is 9.88 Å². The minimum atomic E-state index is -0.172. The maximum absolute atomic E-state index is 9.34. The Morgan fingerprint density at radius 3 is 3.05 bits per heavy atom. The van der Waals surface area contributed by atoms with Gasteiger partial charge >= 0.3 is 0 Å². The van der Waals surface area contributed by atoms with E-state index in [9.17, 15) is 5.11 Å². The molecule has 2 atom stereocenters. The smallest absolute Gasteiger partial charge is 0.152 e. The third-order valence-electron chi connectivity index (χ3n) is 3.63. The first kappa shape index (κ1) is 13.4. The Morgan fingerprint density at radius 1 is 1.45 bits per heavy atom. The second-order valence-electron chi connectivity index (χ2n) is 5.17. The number of aliphatic hydroxyl groups is 1. The van der Waals surface area contributed by atoms with Crippen LogP contribution in [0.3, 0.4) is 0 Å². The summed E-state index contributed by atoms with van der Waals surface area (Å²) < 4.78 is 7.69. The van der Waals surface area contributed by atoms with E-state index in [0.717, 1.165) is 23.7 Å². The summed E-state index contributed by atoms with van der Waals surface area (Å²) in [5, 5.41) is 9.34. The molecule has 20 heavy (non-hydrogen) atoms. The quantitative estimate of drug-likeness (QED) is 0.847. The van der Waals surface area contributed by atoms with Crippen molar-refractivity contribution in [1.82, 2.24) is 9.38 Å². The van der Waals surface area contributed by atoms with Gasteiger partial charge in [-0.1, -0.05) is 6.07 Å². The lowest BCUT2D eigenvalue weighted by atomic mass is 10.2. The van der Waals surface area contributed by atoms with E-state index in [0.29, 0.717) is 13.1 Å². The largest absolute Gasteiger partial charge is 0.394 e. The van der Waals surface area contributed by atoms with Gasteiger partial charge in [-0.2, -0.15) is 0 Å². The molecule has 1 fully saturated rings. The normalized spacial score (nSPS) is 23.4. The zero-order chi connectivity index (χ0) is 14.1. The fourth-order valence-corrected chi connectivity index (χ4v) is 2.80. The molecular formula is C14H20N4O2. The minimum Gasteiger partial charge on any atom is -0.394 e. The summed E-state index contributed by atoms with van der Waals surface area (Å²) in [6, 6.07) is 5.90. The Balaban J connectivity index is 2.00. The van der Waals surface area contributed by atoms with Gasteiger partial charge < -0.3 is 24.9 Å². The Kier molecular flexibility index (Phi) is 3.60. The molecule has 6 heteroatoms. The number of ether oxygens (including phenoxy) is 1. The standard InChI is InChI=1S/C14H20N4O2/c1-10-7-17(8-11(9-19)20-10)14-12(6-15)18-5-3-2-4-13(18)16-14/h2-5,10-11,19H,6-9,15H2,1H3. The Bertz CT molecular complexity index is 598. The molecule has 2 aromatic rings. The number of aliphatic hydroxyl groups excluding tert-OH is 1. The maximum Gasteiger partial charge on any atom is 0.152 e. The highest BCUT2D eigenvalue weighted by atomic mass is 16.5. The lowest BCUT2D eigenvalue weighted by molar-refractivity contribution is -0.0423. The van der Waals surface area contributed by atoms with E-state index >= 15 is 0 Å². The molecule has 2 unspecified atom stereocenters. The van der Waals surface area contributed by atoms with Gasteiger partial charge in [-0.15, -0.1) is 0 Å². The summed E-state index contributed by atoms with van der Waals surface area (Å²) in [5.41, 5.74) is 7.78. The van der Waals surface area contributed by atoms with Crippen LogP contribution >= 0.6 is 0 Å². The molecule has 0 saturated carbocycles. The topological polar surface area (TPSA) is 76.0 Å². The van der Waals surface area contributed by atoms with Crippen molar-refractivity contribution in [1.29, 1.82) is 0 Å². The summed E-state index contributed by atoms with van der Waals surface area (Å²) in [5.74, 6) is 0.896. The number of nitrogens with zero attached hydrogens (tertiary/aromatic N) is 3. The van der Waals surface area contributed by atoms with Crippen LogP contribution in [-0.4, -0.2) is 46.4 Å². The molecule has 3 rings (SSSR count). The number of hydrogen-bond donors (Lipinski definition) is 2. The van der Waals surface area contributed by atoms with Gasteiger partial charge in [0.25, 0.3) is 0 Å². The summed E-state index contributed by atoms with van der Waals surface area (Å²) >= 11 is 0. The van der Waals surface area contributed by atoms with Crippen LogP contribution in [0, 0.1) is 0 Å². The molecule has 3 N–H and O–H groups in total. The van der Waals surface area contributed by atoms with Crippen molar-refractivity contribution in [3.63, 3.8) is 0 Å². The molecule has 1 saturated heterocycles. The number of rotatable bonds is 3. The molecule has 0 aromatic carbocycles. The number of morpholine rings is 1. The van der Waals surface area contributed by atoms with Crippen LogP contribution in [-0.2, 0) is 11.3 Å². The third kappa shape index (κ3) is 2.26. The molecule has 2 aromatic heterocycles. The van der Waals surface area contributed by atoms with E-state index < -0.39 is 0 Å². The van der Waals surface area contributed by atoms with Gasteiger partial charge in [0.05, 0.1) is 24.5 Å². The van der Waals surface area contributed by atoms with E-state index in [1.54, 1.807) is 0 Å². The van der Waals surface area contributed by atoms with Gasteiger partial charge in [0.2, 0.25) is 0 Å². The van der Waals surface area contributed by atoms with Gasteiger partial charge in [0.15, 0.2) is 5.82 Å². The summed E-state index contributed by atoms with van der Waals surface area (Å²) in [4.78, 5) is 6.84. The van der Waals surface area contributed by atoms with Gasteiger partial charge in [0.1, 0.15) is 5.65 Å². The van der Waals surface area contributed by atoms with E-state index in [1.807, 2.05) is 35.7 Å². The average Bonchev–Trinajstić information content (AvgIpc) is 2.85. The molecule has 0 aliphatic carbocycles. The molecular weight excluding hydrogens is 256 g/mol. The first-order chi connectivity index (χ1) is 9.72. The van der Waals surface area contributed by atoms with Gasteiger partial charge in [-0.05, 0) is 19.1 Å². The third-order valence-corrected chi connectivity index (χ3v) is 3.63. The number of hydrogen-bond acceptors (Lipinski definition) is 5. The Hall–Kier alpha value is -1.63. The van der Waals surface area contributed by atoms with E-state index in [1.165, 1.54) is 0 Å². The highest BCUT2D eigenvalue weighted by Gasteiger charge is 2.28. The van der Waals surface area contributed by atoms with Gasteiger partial charge in [-0.3, -0.25) is 0 Å². The van der Waals surface area contributed by atoms with Crippen molar-refractivity contribution >= 4 is 11.5 Å². The highest BCUT2D eigenvalue weighted by molar-refractivity contribution is 5.56. The SMILES string of the molecule is CC1CN(c2nc3ccccn3c2CN)CC(CO)O1. The fraction of sp³-hybridized carbons (Fsp3) is 0.500. The number of pyridine rings is 1. The molecule has 6 nitrogen and oxygen atoms in total. The average molecular weight is 276 g/mol. The monoisotopic (exact) mass is 276 g/mol. The number of anilines is 1. The second kappa shape index (κ2) is 5.40. The van der Waals surface area contributed by atoms with Crippen molar-refractivity contribution in [2.45, 2.75) is 25.7 Å². The fourth-order valence-electron chi connectivity index (χ4n) is 2.80. The second-order valence-corrected chi connectivity index (χ2v) is 5.17. The van der Waals surface area contributed by atoms with Crippen LogP contribution in [0.1, 0.15) is 12.6 Å². The Morgan fingerprint density at radius 2 is 2.30 bits per heavy atom. The molecule has 0 amide bonds. The lowest BCUT2D eigenvalue weighted by Crippen LogP contribution is -2.48. The van der Waals surface area contributed by atoms with Crippen molar-refractivity contribution in [3.05, 3.63) is 30.1 Å². The number of imidazole rings is 1. The zero-order valence-electron chi connectivity index (χ0n) is 11.6. The predicted molar refractivity (Wildman–Crippen MR) is 76.7 cm³/mol. The predicted octanol–water partition coefficient (Wildman–Crippen LogP) is 0.379. The van der Waals surface area contributed by atoms with Crippen LogP contribution in [0.25, 0.3) is 5.65 Å². The van der Waals surface area contributed by atoms with Crippen molar-refractivity contribution in [2.24, 2.45) is 5.73 Å². The first-order valence-corrected chi connectivity index (χ1v) is 6.90. The van der Waals surface area contributed by atoms with Crippen LogP contribution in [0.4, 0.5) is 5.82 Å². The first-order valence-electron chi connectivity index (χ1n) is 6.90. The Labute approximate surface area is 117 Å². The van der Waals surface area contributed by atoms with Crippen LogP contribution in [0.5, 0.6) is 0 Å². The lowest BCUT2D eigenvalue weighted by Gasteiger charge is -2.36. The summed E-state index contributed by atoms with van der Waals surface area (Å²) in [6.45, 7) is 3.85. The van der Waals surface area contributed by atoms with Gasteiger partial charge in [-0.25, -0.2) is 4.98 Å². The number of aromatic nitrogens is 2. The zero-order valence-corrected chi connectivity index (χ0v) is 11.6. The van der Waals surface area contributed by atoms with Crippen LogP contribution < -0.4 is 10.6 Å². The van der Waals surface area contributed by atoms with Crippen LogP contribution in [0.2, 0.25) is 0 Å². The molecule has 0 bridgehead atoms. The highest BCUT2D eigenvalue weighted by Crippen LogP contribution is 2.24. The van der Waals surface area contributed by atoms with E-state index in [4.69, 9.17) is 10.5 Å². The van der Waals surface area contributed by atoms with Crippen molar-refractivity contribution < 1.29 is 9.84 Å².